The zero-order valence-corrected chi connectivity index (χ0v) is 10.6. The van der Waals surface area contributed by atoms with E-state index < -0.39 is 22.9 Å². The lowest BCUT2D eigenvalue weighted by Crippen LogP contribution is -2.54. The highest BCUT2D eigenvalue weighted by Crippen LogP contribution is 2.14. The fourth-order valence-corrected chi connectivity index (χ4v) is 0.790. The fourth-order valence-electron chi connectivity index (χ4n) is 0.790. The van der Waals surface area contributed by atoms with Crippen LogP contribution in [0.25, 0.3) is 0 Å². The van der Waals surface area contributed by atoms with E-state index in [-0.39, 0.29) is 0 Å². The molecule has 0 aliphatic heterocycles. The third-order valence-corrected chi connectivity index (χ3v) is 1.84. The topological polar surface area (TPSA) is 81.1 Å². The molecule has 2 N–H and O–H groups in total. The molecular weight excluding hydrogens is 212 g/mol. The molecule has 2 amide bonds. The lowest BCUT2D eigenvalue weighted by Gasteiger charge is -2.33. The first-order valence-electron chi connectivity index (χ1n) is 4.95. The van der Waals surface area contributed by atoms with Crippen LogP contribution in [0.4, 0.5) is 0 Å². The standard InChI is InChI=1S/C10H20N2O4/c1-9(2,3)11(15)7(13)8(14)12(16)10(4,5)6/h15-16H,1-6H3. The Labute approximate surface area is 95.4 Å². The zero-order chi connectivity index (χ0) is 13.3. The van der Waals surface area contributed by atoms with Crippen molar-refractivity contribution in [2.45, 2.75) is 52.6 Å². The maximum atomic E-state index is 11.5. The summed E-state index contributed by atoms with van der Waals surface area (Å²) in [5.41, 5.74) is -1.79. The van der Waals surface area contributed by atoms with Crippen LogP contribution in [0.3, 0.4) is 0 Å². The van der Waals surface area contributed by atoms with Crippen LogP contribution in [-0.4, -0.2) is 43.4 Å². The lowest BCUT2D eigenvalue weighted by molar-refractivity contribution is -0.211. The molecule has 16 heavy (non-hydrogen) atoms. The van der Waals surface area contributed by atoms with E-state index in [9.17, 15) is 20.0 Å². The predicted octanol–water partition coefficient (Wildman–Crippen LogP) is 1.02. The second-order valence-corrected chi connectivity index (χ2v) is 5.58. The summed E-state index contributed by atoms with van der Waals surface area (Å²) in [5.74, 6) is -2.32. The maximum absolute atomic E-state index is 11.5. The summed E-state index contributed by atoms with van der Waals surface area (Å²) >= 11 is 0. The molecule has 0 aliphatic carbocycles. The molecule has 0 aromatic rings. The summed E-state index contributed by atoms with van der Waals surface area (Å²) < 4.78 is 0. The molecule has 0 aliphatic rings. The molecule has 0 saturated carbocycles. The molecule has 0 aromatic carbocycles. The summed E-state index contributed by atoms with van der Waals surface area (Å²) in [6.07, 6.45) is 0. The minimum atomic E-state index is -1.16. The third kappa shape index (κ3) is 3.46. The molecule has 0 rings (SSSR count). The molecule has 0 saturated heterocycles. The smallest absolute Gasteiger partial charge is 0.285 e. The fraction of sp³-hybridized carbons (Fsp3) is 0.800. The van der Waals surface area contributed by atoms with E-state index in [4.69, 9.17) is 0 Å². The van der Waals surface area contributed by atoms with Crippen LogP contribution in [0.5, 0.6) is 0 Å². The second kappa shape index (κ2) is 4.39. The van der Waals surface area contributed by atoms with Gasteiger partial charge in [-0.3, -0.25) is 20.0 Å². The Kier molecular flexibility index (Phi) is 4.07. The number of carbonyl (C=O) groups is 2. The van der Waals surface area contributed by atoms with Crippen molar-refractivity contribution in [3.63, 3.8) is 0 Å². The molecule has 6 heteroatoms. The molecular formula is C10H20N2O4. The highest BCUT2D eigenvalue weighted by Gasteiger charge is 2.36. The molecule has 94 valence electrons. The van der Waals surface area contributed by atoms with Crippen LogP contribution >= 0.6 is 0 Å². The Morgan fingerprint density at radius 3 is 1.06 bits per heavy atom. The first-order valence-corrected chi connectivity index (χ1v) is 4.95. The molecule has 0 bridgehead atoms. The Morgan fingerprint density at radius 1 is 0.750 bits per heavy atom. The average molecular weight is 232 g/mol. The number of carbonyl (C=O) groups excluding carboxylic acids is 2. The second-order valence-electron chi connectivity index (χ2n) is 5.58. The highest BCUT2D eigenvalue weighted by molar-refractivity contribution is 6.34. The van der Waals surface area contributed by atoms with E-state index in [2.05, 4.69) is 0 Å². The van der Waals surface area contributed by atoms with Gasteiger partial charge in [0.05, 0.1) is 11.1 Å². The quantitative estimate of drug-likeness (QED) is 0.371. The Hall–Kier alpha value is -1.14. The van der Waals surface area contributed by atoms with Crippen LogP contribution in [0.2, 0.25) is 0 Å². The number of hydrogen-bond acceptors (Lipinski definition) is 4. The highest BCUT2D eigenvalue weighted by atomic mass is 16.5. The van der Waals surface area contributed by atoms with Gasteiger partial charge in [0.25, 0.3) is 0 Å². The van der Waals surface area contributed by atoms with Gasteiger partial charge in [-0.2, -0.15) is 0 Å². The number of hydrogen-bond donors (Lipinski definition) is 2. The van der Waals surface area contributed by atoms with E-state index in [1.54, 1.807) is 41.5 Å². The SMILES string of the molecule is CC(C)(C)N(O)C(=O)C(=O)N(O)C(C)(C)C. The first-order chi connectivity index (χ1) is 6.89. The van der Waals surface area contributed by atoms with Crippen molar-refractivity contribution in [1.29, 1.82) is 0 Å². The van der Waals surface area contributed by atoms with Gasteiger partial charge in [0.2, 0.25) is 0 Å². The number of nitrogens with zero attached hydrogens (tertiary/aromatic N) is 2. The average Bonchev–Trinajstić information content (AvgIpc) is 2.10. The van der Waals surface area contributed by atoms with Gasteiger partial charge < -0.3 is 0 Å². The Morgan fingerprint density at radius 2 is 0.938 bits per heavy atom. The zero-order valence-electron chi connectivity index (χ0n) is 10.6. The molecule has 0 spiro atoms. The van der Waals surface area contributed by atoms with Gasteiger partial charge in [-0.05, 0) is 41.5 Å². The summed E-state index contributed by atoms with van der Waals surface area (Å²) in [5, 5.41) is 19.5. The van der Waals surface area contributed by atoms with Gasteiger partial charge in [-0.1, -0.05) is 0 Å². The Balaban J connectivity index is 4.84. The summed E-state index contributed by atoms with van der Waals surface area (Å²) in [4.78, 5) is 23.0. The number of rotatable bonds is 0. The molecule has 0 atom stereocenters. The molecule has 0 aromatic heterocycles. The van der Waals surface area contributed by atoms with E-state index >= 15 is 0 Å². The molecule has 6 nitrogen and oxygen atoms in total. The Bertz CT molecular complexity index is 258. The van der Waals surface area contributed by atoms with Crippen molar-refractivity contribution >= 4 is 11.8 Å². The van der Waals surface area contributed by atoms with Gasteiger partial charge in [0.1, 0.15) is 0 Å². The monoisotopic (exact) mass is 232 g/mol. The van der Waals surface area contributed by atoms with Crippen molar-refractivity contribution in [2.24, 2.45) is 0 Å². The van der Waals surface area contributed by atoms with Gasteiger partial charge in [-0.25, -0.2) is 10.1 Å². The largest absolute Gasteiger partial charge is 0.338 e. The minimum absolute atomic E-state index is 0.310. The van der Waals surface area contributed by atoms with Crippen molar-refractivity contribution < 1.29 is 20.0 Å². The van der Waals surface area contributed by atoms with Crippen molar-refractivity contribution in [1.82, 2.24) is 10.1 Å². The van der Waals surface area contributed by atoms with Crippen molar-refractivity contribution in [3.05, 3.63) is 0 Å². The molecule has 0 heterocycles. The van der Waals surface area contributed by atoms with E-state index in [0.29, 0.717) is 10.1 Å². The molecule has 0 unspecified atom stereocenters. The van der Waals surface area contributed by atoms with Crippen molar-refractivity contribution in [2.75, 3.05) is 0 Å². The summed E-state index contributed by atoms with van der Waals surface area (Å²) in [7, 11) is 0. The van der Waals surface area contributed by atoms with E-state index in [1.807, 2.05) is 0 Å². The normalized spacial score (nSPS) is 12.2. The van der Waals surface area contributed by atoms with E-state index in [0.717, 1.165) is 0 Å². The first kappa shape index (κ1) is 14.9. The molecule has 0 radical (unpaired) electrons. The maximum Gasteiger partial charge on any atom is 0.338 e. The summed E-state index contributed by atoms with van der Waals surface area (Å²) in [6.45, 7) is 9.40. The third-order valence-electron chi connectivity index (χ3n) is 1.84. The van der Waals surface area contributed by atoms with Crippen LogP contribution < -0.4 is 0 Å². The van der Waals surface area contributed by atoms with Crippen LogP contribution in [-0.2, 0) is 9.59 Å². The minimum Gasteiger partial charge on any atom is -0.285 e. The van der Waals surface area contributed by atoms with Gasteiger partial charge in [0.15, 0.2) is 0 Å². The molecule has 0 fully saturated rings. The van der Waals surface area contributed by atoms with Crippen LogP contribution in [0.1, 0.15) is 41.5 Å². The van der Waals surface area contributed by atoms with E-state index in [1.165, 1.54) is 0 Å². The van der Waals surface area contributed by atoms with Gasteiger partial charge in [-0.15, -0.1) is 0 Å². The van der Waals surface area contributed by atoms with Gasteiger partial charge in [0, 0.05) is 0 Å². The predicted molar refractivity (Wildman–Crippen MR) is 56.8 cm³/mol. The number of amides is 2. The van der Waals surface area contributed by atoms with Gasteiger partial charge >= 0.3 is 11.8 Å². The number of hydroxylamine groups is 4. The lowest BCUT2D eigenvalue weighted by atomic mass is 10.1. The van der Waals surface area contributed by atoms with Crippen LogP contribution in [0.15, 0.2) is 0 Å². The van der Waals surface area contributed by atoms with Crippen molar-refractivity contribution in [3.8, 4) is 0 Å². The van der Waals surface area contributed by atoms with Crippen LogP contribution in [0, 0.1) is 0 Å². The summed E-state index contributed by atoms with van der Waals surface area (Å²) in [6, 6.07) is 0.